The zero-order valence-corrected chi connectivity index (χ0v) is 22.1. The maximum Gasteiger partial charge on any atom is 0.275 e. The first-order valence-corrected chi connectivity index (χ1v) is 12.9. The first-order valence-electron chi connectivity index (χ1n) is 12.9. The molecule has 0 aliphatic carbocycles. The fraction of sp³-hybridized carbons (Fsp3) is 0.429. The fourth-order valence-corrected chi connectivity index (χ4v) is 5.00. The number of carbonyl (C=O) groups excluding carboxylic acids is 3. The van der Waals surface area contributed by atoms with Crippen LogP contribution >= 0.6 is 0 Å². The number of rotatable bonds is 6. The average Bonchev–Trinajstić information content (AvgIpc) is 3.61. The van der Waals surface area contributed by atoms with Gasteiger partial charge < -0.3 is 24.2 Å². The van der Waals surface area contributed by atoms with Crippen LogP contribution in [0, 0.1) is 0 Å². The molecule has 0 spiro atoms. The van der Waals surface area contributed by atoms with Crippen LogP contribution in [0.1, 0.15) is 39.3 Å². The van der Waals surface area contributed by atoms with Gasteiger partial charge in [0.25, 0.3) is 17.7 Å². The van der Waals surface area contributed by atoms with Crippen LogP contribution in [0.25, 0.3) is 10.9 Å². The zero-order chi connectivity index (χ0) is 26.8. The Balaban J connectivity index is 1.36. The highest BCUT2D eigenvalue weighted by atomic mass is 16.5. The Hall–Kier alpha value is -3.92. The van der Waals surface area contributed by atoms with E-state index in [9.17, 15) is 14.4 Å². The van der Waals surface area contributed by atoms with Crippen LogP contribution in [-0.4, -0.2) is 102 Å². The third kappa shape index (κ3) is 5.08. The Bertz CT molecular complexity index is 1340. The lowest BCUT2D eigenvalue weighted by atomic mass is 10.1. The molecule has 3 amide bonds. The zero-order valence-electron chi connectivity index (χ0n) is 22.1. The Morgan fingerprint density at radius 2 is 1.74 bits per heavy atom. The Morgan fingerprint density at radius 3 is 2.37 bits per heavy atom. The van der Waals surface area contributed by atoms with Crippen LogP contribution in [0.5, 0.6) is 5.75 Å². The molecule has 2 fully saturated rings. The number of hydrogen-bond acceptors (Lipinski definition) is 6. The summed E-state index contributed by atoms with van der Waals surface area (Å²) in [4.78, 5) is 43.7. The molecule has 38 heavy (non-hydrogen) atoms. The quantitative estimate of drug-likeness (QED) is 0.496. The van der Waals surface area contributed by atoms with Crippen molar-refractivity contribution in [3.8, 4) is 5.75 Å². The Morgan fingerprint density at radius 1 is 1.03 bits per heavy atom. The maximum absolute atomic E-state index is 13.6. The first kappa shape index (κ1) is 25.7. The summed E-state index contributed by atoms with van der Waals surface area (Å²) in [5.74, 6) is 0.439. The van der Waals surface area contributed by atoms with E-state index < -0.39 is 0 Å². The molecule has 10 nitrogen and oxygen atoms in total. The van der Waals surface area contributed by atoms with Gasteiger partial charge in [0, 0.05) is 57.8 Å². The molecule has 2 aliphatic heterocycles. The molecule has 2 saturated heterocycles. The van der Waals surface area contributed by atoms with Crippen molar-refractivity contribution in [1.29, 1.82) is 0 Å². The van der Waals surface area contributed by atoms with Crippen LogP contribution in [0.2, 0.25) is 0 Å². The Kier molecular flexibility index (Phi) is 7.33. The van der Waals surface area contributed by atoms with Crippen LogP contribution < -0.4 is 4.74 Å². The van der Waals surface area contributed by atoms with Crippen molar-refractivity contribution in [3.63, 3.8) is 0 Å². The number of carbonyl (C=O) groups is 3. The summed E-state index contributed by atoms with van der Waals surface area (Å²) in [5, 5.41) is 5.45. The molecule has 0 saturated carbocycles. The molecule has 0 N–H and O–H groups in total. The molecule has 5 rings (SSSR count). The molecule has 1 aromatic heterocycles. The summed E-state index contributed by atoms with van der Waals surface area (Å²) in [7, 11) is 5.04. The van der Waals surface area contributed by atoms with Crippen molar-refractivity contribution >= 4 is 28.6 Å². The smallest absolute Gasteiger partial charge is 0.275 e. The fourth-order valence-electron chi connectivity index (χ4n) is 5.00. The molecule has 1 unspecified atom stereocenters. The van der Waals surface area contributed by atoms with E-state index >= 15 is 0 Å². The summed E-state index contributed by atoms with van der Waals surface area (Å²) in [6.45, 7) is 2.91. The molecule has 200 valence electrons. The van der Waals surface area contributed by atoms with E-state index in [-0.39, 0.29) is 23.8 Å². The van der Waals surface area contributed by atoms with E-state index in [1.807, 2.05) is 35.0 Å². The molecule has 0 bridgehead atoms. The van der Waals surface area contributed by atoms with Gasteiger partial charge in [-0.25, -0.2) is 0 Å². The van der Waals surface area contributed by atoms with Crippen molar-refractivity contribution < 1.29 is 23.9 Å². The summed E-state index contributed by atoms with van der Waals surface area (Å²) in [6, 6.07) is 13.0. The van der Waals surface area contributed by atoms with Gasteiger partial charge >= 0.3 is 0 Å². The van der Waals surface area contributed by atoms with E-state index in [0.29, 0.717) is 61.7 Å². The van der Waals surface area contributed by atoms with E-state index in [0.717, 1.165) is 23.9 Å². The third-order valence-corrected chi connectivity index (χ3v) is 7.18. The highest BCUT2D eigenvalue weighted by molar-refractivity contribution is 6.05. The largest absolute Gasteiger partial charge is 0.497 e. The number of aromatic nitrogens is 2. The number of fused-ring (bicyclic) bond motifs is 1. The van der Waals surface area contributed by atoms with Crippen LogP contribution in [-0.2, 0) is 16.1 Å². The lowest BCUT2D eigenvalue weighted by Crippen LogP contribution is -2.52. The standard InChI is InChI=1S/C28H33N5O5/c1-30(2)26(34)20-8-6-19(7-9-20)18-33-23-11-10-21(37-3)17-22(23)25(29-33)28(36)32-14-12-31(13-15-32)27(35)24-5-4-16-38-24/h6-11,17,24H,4-5,12-16,18H2,1-3H3. The first-order chi connectivity index (χ1) is 18.4. The minimum absolute atomic E-state index is 0.0207. The molecule has 2 aromatic carbocycles. The lowest BCUT2D eigenvalue weighted by Gasteiger charge is -2.35. The SMILES string of the molecule is COc1ccc2c(c1)c(C(=O)N1CCN(C(=O)C3CCCO3)CC1)nn2Cc1ccc(C(=O)N(C)C)cc1. The van der Waals surface area contributed by atoms with Gasteiger partial charge in [-0.05, 0) is 48.7 Å². The molecule has 1 atom stereocenters. The average molecular weight is 520 g/mol. The monoisotopic (exact) mass is 519 g/mol. The van der Waals surface area contributed by atoms with E-state index in [1.54, 1.807) is 48.0 Å². The van der Waals surface area contributed by atoms with Crippen LogP contribution in [0.3, 0.4) is 0 Å². The number of benzene rings is 2. The van der Waals surface area contributed by atoms with Gasteiger partial charge in [-0.3, -0.25) is 19.1 Å². The summed E-state index contributed by atoms with van der Waals surface area (Å²) in [6.07, 6.45) is 1.32. The number of hydrogen-bond donors (Lipinski definition) is 0. The van der Waals surface area contributed by atoms with Crippen molar-refractivity contribution in [2.75, 3.05) is 54.0 Å². The van der Waals surface area contributed by atoms with Crippen molar-refractivity contribution in [1.82, 2.24) is 24.5 Å². The molecule has 3 heterocycles. The van der Waals surface area contributed by atoms with Gasteiger partial charge in [-0.1, -0.05) is 12.1 Å². The minimum Gasteiger partial charge on any atom is -0.497 e. The van der Waals surface area contributed by atoms with E-state index in [1.165, 1.54) is 0 Å². The second-order valence-corrected chi connectivity index (χ2v) is 9.90. The number of amides is 3. The van der Waals surface area contributed by atoms with Gasteiger partial charge in [0.15, 0.2) is 5.69 Å². The van der Waals surface area contributed by atoms with Crippen molar-refractivity contribution in [2.45, 2.75) is 25.5 Å². The number of piperazine rings is 1. The van der Waals surface area contributed by atoms with Crippen LogP contribution in [0.4, 0.5) is 0 Å². The topological polar surface area (TPSA) is 97.2 Å². The minimum atomic E-state index is -0.348. The van der Waals surface area contributed by atoms with Gasteiger partial charge in [-0.2, -0.15) is 5.10 Å². The highest BCUT2D eigenvalue weighted by Crippen LogP contribution is 2.26. The summed E-state index contributed by atoms with van der Waals surface area (Å²) < 4.78 is 12.8. The van der Waals surface area contributed by atoms with E-state index in [4.69, 9.17) is 14.6 Å². The van der Waals surface area contributed by atoms with Crippen LogP contribution in [0.15, 0.2) is 42.5 Å². The van der Waals surface area contributed by atoms with E-state index in [2.05, 4.69) is 0 Å². The third-order valence-electron chi connectivity index (χ3n) is 7.18. The number of nitrogens with zero attached hydrogens (tertiary/aromatic N) is 5. The second kappa shape index (κ2) is 10.8. The molecule has 0 radical (unpaired) electrons. The van der Waals surface area contributed by atoms with Crippen molar-refractivity contribution in [2.24, 2.45) is 0 Å². The second-order valence-electron chi connectivity index (χ2n) is 9.90. The molecule has 3 aromatic rings. The van der Waals surface area contributed by atoms with Gasteiger partial charge in [0.2, 0.25) is 0 Å². The van der Waals surface area contributed by atoms with Gasteiger partial charge in [0.1, 0.15) is 11.9 Å². The van der Waals surface area contributed by atoms with Gasteiger partial charge in [0.05, 0.1) is 19.2 Å². The highest BCUT2D eigenvalue weighted by Gasteiger charge is 2.32. The lowest BCUT2D eigenvalue weighted by molar-refractivity contribution is -0.142. The van der Waals surface area contributed by atoms with Crippen molar-refractivity contribution in [3.05, 3.63) is 59.3 Å². The molecule has 2 aliphatic rings. The normalized spacial score (nSPS) is 17.6. The summed E-state index contributed by atoms with van der Waals surface area (Å²) in [5.41, 5.74) is 2.74. The predicted octanol–water partition coefficient (Wildman–Crippen LogP) is 2.26. The predicted molar refractivity (Wildman–Crippen MR) is 141 cm³/mol. The number of methoxy groups -OCH3 is 1. The molecular formula is C28H33N5O5. The number of ether oxygens (including phenoxy) is 2. The molecule has 10 heteroatoms. The summed E-state index contributed by atoms with van der Waals surface area (Å²) >= 11 is 0. The Labute approximate surface area is 221 Å². The maximum atomic E-state index is 13.6. The van der Waals surface area contributed by atoms with Gasteiger partial charge in [-0.15, -0.1) is 0 Å². The molecular weight excluding hydrogens is 486 g/mol.